The van der Waals surface area contributed by atoms with E-state index in [1.54, 1.807) is 75.4 Å². The summed E-state index contributed by atoms with van der Waals surface area (Å²) < 4.78 is 5.44. The average Bonchev–Trinajstić information content (AvgIpc) is 3.56. The molecule has 0 aliphatic carbocycles. The SMILES string of the molecule is CC(C)(C)OC(=O)N[C@@H](c1ccc([N+](=O)[O-])cc1)[C@@H](N=C(c1ccccc1)c1ccccc1N=C([O-])[C@H]1CCCN1Cc1ccccc1)C(=O)[O-].[Ni+2]. The molecule has 52 heavy (non-hydrogen) atoms. The van der Waals surface area contributed by atoms with Gasteiger partial charge in [0.15, 0.2) is 0 Å². The molecule has 12 nitrogen and oxygen atoms in total. The number of carbonyl (C=O) groups is 2. The summed E-state index contributed by atoms with van der Waals surface area (Å²) in [4.78, 5) is 48.2. The van der Waals surface area contributed by atoms with Crippen LogP contribution in [-0.2, 0) is 32.6 Å². The predicted octanol–water partition coefficient (Wildman–Crippen LogP) is 4.87. The average molecular weight is 748 g/mol. The standard InChI is InChI=1S/C39H41N5O7.Ni/c1-39(2,3)51-38(48)42-34(28-20-22-29(23-21-28)44(49)50)35(37(46)47)41-33(27-15-8-5-9-16-27)30-17-10-11-18-31(30)40-36(45)32-19-12-24-43(32)25-26-13-6-4-7-14-26;/h4-11,13-18,20-23,32,34-35H,12,19,24-25H2,1-3H3,(H,40,45)(H,42,48)(H,46,47);/q;+2/p-2/t32-,34+,35-;/m1./s1. The Morgan fingerprint density at radius 3 is 2.15 bits per heavy atom. The van der Waals surface area contributed by atoms with E-state index in [4.69, 9.17) is 9.73 Å². The second-order valence-electron chi connectivity index (χ2n) is 13.2. The fourth-order valence-corrected chi connectivity index (χ4v) is 5.96. The van der Waals surface area contributed by atoms with Gasteiger partial charge >= 0.3 is 22.6 Å². The molecule has 0 saturated carbocycles. The van der Waals surface area contributed by atoms with Crippen LogP contribution in [0.15, 0.2) is 119 Å². The number of aliphatic imine (C=N–C) groups is 2. The zero-order chi connectivity index (χ0) is 36.5. The number of nitro benzene ring substituents is 1. The number of carbonyl (C=O) groups excluding carboxylic acids is 2. The molecule has 1 aliphatic rings. The van der Waals surface area contributed by atoms with Gasteiger partial charge < -0.3 is 25.1 Å². The largest absolute Gasteiger partial charge is 2.00 e. The number of hydrogen-bond acceptors (Lipinski definition) is 10. The Morgan fingerprint density at radius 1 is 0.923 bits per heavy atom. The van der Waals surface area contributed by atoms with Crippen LogP contribution < -0.4 is 15.5 Å². The van der Waals surface area contributed by atoms with Gasteiger partial charge in [0.05, 0.1) is 28.3 Å². The Morgan fingerprint density at radius 2 is 1.54 bits per heavy atom. The Bertz CT molecular complexity index is 1900. The molecule has 1 aliphatic heterocycles. The molecule has 0 bridgehead atoms. The summed E-state index contributed by atoms with van der Waals surface area (Å²) in [5, 5.41) is 40.7. The molecule has 0 aromatic heterocycles. The van der Waals surface area contributed by atoms with Crippen LogP contribution in [0.4, 0.5) is 16.2 Å². The van der Waals surface area contributed by atoms with Crippen LogP contribution >= 0.6 is 0 Å². The van der Waals surface area contributed by atoms with Gasteiger partial charge in [-0.25, -0.2) is 4.79 Å². The Balaban J connectivity index is 0.00000605. The number of aliphatic carboxylic acids is 1. The molecule has 1 heterocycles. The molecule has 1 N–H and O–H groups in total. The zero-order valence-corrected chi connectivity index (χ0v) is 29.9. The van der Waals surface area contributed by atoms with Crippen molar-refractivity contribution in [2.45, 2.75) is 63.9 Å². The normalized spacial score (nSPS) is 16.3. The fraction of sp³-hybridized carbons (Fsp3) is 0.282. The molecule has 0 spiro atoms. The molecule has 272 valence electrons. The molecule has 13 heteroatoms. The van der Waals surface area contributed by atoms with Crippen molar-refractivity contribution in [1.82, 2.24) is 10.2 Å². The number of rotatable bonds is 12. The zero-order valence-electron chi connectivity index (χ0n) is 28.9. The Hall–Kier alpha value is -5.39. The summed E-state index contributed by atoms with van der Waals surface area (Å²) in [6.07, 6.45) is 0.571. The number of nitro groups is 1. The quantitative estimate of drug-likeness (QED) is 0.0703. The maximum atomic E-state index is 13.8. The molecular formula is C39H39N5NiO7. The third-order valence-electron chi connectivity index (χ3n) is 8.27. The van der Waals surface area contributed by atoms with E-state index in [1.165, 1.54) is 24.3 Å². The van der Waals surface area contributed by atoms with E-state index in [9.17, 15) is 29.9 Å². The molecule has 0 radical (unpaired) electrons. The van der Waals surface area contributed by atoms with E-state index in [0.717, 1.165) is 18.5 Å². The molecule has 1 fully saturated rings. The second-order valence-corrected chi connectivity index (χ2v) is 13.2. The van der Waals surface area contributed by atoms with E-state index in [1.807, 2.05) is 30.3 Å². The summed E-state index contributed by atoms with van der Waals surface area (Å²) in [7, 11) is 0. The Labute approximate surface area is 312 Å². The minimum absolute atomic E-state index is 0. The number of likely N-dealkylation sites (tertiary alicyclic amines) is 1. The first kappa shape index (κ1) is 39.4. The van der Waals surface area contributed by atoms with Crippen molar-refractivity contribution in [3.05, 3.63) is 142 Å². The maximum absolute atomic E-state index is 13.8. The van der Waals surface area contributed by atoms with E-state index >= 15 is 0 Å². The molecule has 3 atom stereocenters. The van der Waals surface area contributed by atoms with E-state index < -0.39 is 40.7 Å². The maximum Gasteiger partial charge on any atom is 2.00 e. The second kappa shape index (κ2) is 17.7. The minimum atomic E-state index is -1.76. The number of benzene rings is 4. The van der Waals surface area contributed by atoms with Crippen LogP contribution in [0, 0.1) is 10.1 Å². The number of carboxylic acids is 1. The molecule has 0 unspecified atom stereocenters. The van der Waals surface area contributed by atoms with Crippen molar-refractivity contribution in [2.24, 2.45) is 9.98 Å². The number of nitrogens with one attached hydrogen (secondary N) is 1. The fourth-order valence-electron chi connectivity index (χ4n) is 5.96. The van der Waals surface area contributed by atoms with Crippen molar-refractivity contribution >= 4 is 35.0 Å². The first-order chi connectivity index (χ1) is 24.4. The summed E-state index contributed by atoms with van der Waals surface area (Å²) in [6, 6.07) is 27.1. The van der Waals surface area contributed by atoms with Gasteiger partial charge in [-0.15, -0.1) is 0 Å². The topological polar surface area (TPSA) is 173 Å². The van der Waals surface area contributed by atoms with Crippen LogP contribution in [0.3, 0.4) is 0 Å². The number of non-ortho nitro benzene ring substituents is 1. The molecule has 4 aromatic carbocycles. The van der Waals surface area contributed by atoms with Crippen molar-refractivity contribution in [3.8, 4) is 0 Å². The third kappa shape index (κ3) is 10.3. The van der Waals surface area contributed by atoms with Crippen molar-refractivity contribution < 1.29 is 46.0 Å². The van der Waals surface area contributed by atoms with Crippen LogP contribution in [0.2, 0.25) is 0 Å². The number of carboxylic acid groups (broad SMARTS) is 1. The van der Waals surface area contributed by atoms with Gasteiger partial charge in [0.2, 0.25) is 0 Å². The van der Waals surface area contributed by atoms with Gasteiger partial charge in [-0.05, 0) is 63.2 Å². The van der Waals surface area contributed by atoms with E-state index in [0.29, 0.717) is 29.8 Å². The molecule has 1 amide bonds. The summed E-state index contributed by atoms with van der Waals surface area (Å²) in [5.74, 6) is -1.95. The molecular weight excluding hydrogens is 709 g/mol. The van der Waals surface area contributed by atoms with Crippen LogP contribution in [0.1, 0.15) is 61.9 Å². The van der Waals surface area contributed by atoms with Crippen LogP contribution in [0.5, 0.6) is 0 Å². The predicted molar refractivity (Wildman–Crippen MR) is 189 cm³/mol. The van der Waals surface area contributed by atoms with Crippen molar-refractivity contribution in [1.29, 1.82) is 0 Å². The number of ether oxygens (including phenoxy) is 1. The summed E-state index contributed by atoms with van der Waals surface area (Å²) in [5.41, 5.74) is 1.54. The number of hydrogen-bond donors (Lipinski definition) is 1. The Kier molecular flexibility index (Phi) is 13.4. The van der Waals surface area contributed by atoms with Gasteiger partial charge in [-0.1, -0.05) is 91.0 Å². The minimum Gasteiger partial charge on any atom is -0.861 e. The number of para-hydroxylation sites is 1. The van der Waals surface area contributed by atoms with Gasteiger partial charge in [0, 0.05) is 35.8 Å². The van der Waals surface area contributed by atoms with Crippen LogP contribution in [-0.4, -0.2) is 57.7 Å². The number of nitrogens with zero attached hydrogens (tertiary/aromatic N) is 4. The van der Waals surface area contributed by atoms with Gasteiger partial charge in [-0.3, -0.25) is 25.0 Å². The van der Waals surface area contributed by atoms with Crippen LogP contribution in [0.25, 0.3) is 0 Å². The molecule has 5 rings (SSSR count). The smallest absolute Gasteiger partial charge is 0.861 e. The monoisotopic (exact) mass is 747 g/mol. The van der Waals surface area contributed by atoms with Gasteiger partial charge in [0.1, 0.15) is 11.6 Å². The van der Waals surface area contributed by atoms with Crippen molar-refractivity contribution in [2.75, 3.05) is 6.54 Å². The number of amides is 1. The van der Waals surface area contributed by atoms with E-state index in [2.05, 4.69) is 15.2 Å². The molecule has 1 saturated heterocycles. The van der Waals surface area contributed by atoms with Gasteiger partial charge in [-0.2, -0.15) is 0 Å². The van der Waals surface area contributed by atoms with E-state index in [-0.39, 0.29) is 39.4 Å². The molecule has 4 aromatic rings. The third-order valence-corrected chi connectivity index (χ3v) is 8.27. The summed E-state index contributed by atoms with van der Waals surface area (Å²) >= 11 is 0. The van der Waals surface area contributed by atoms with Crippen molar-refractivity contribution in [3.63, 3.8) is 0 Å². The first-order valence-electron chi connectivity index (χ1n) is 16.6. The number of alkyl carbamates (subject to hydrolysis) is 1. The van der Waals surface area contributed by atoms with Gasteiger partial charge in [0.25, 0.3) is 5.69 Å². The summed E-state index contributed by atoms with van der Waals surface area (Å²) in [6.45, 7) is 6.32. The first-order valence-corrected chi connectivity index (χ1v) is 16.6.